The van der Waals surface area contributed by atoms with Crippen LogP contribution >= 0.6 is 0 Å². The van der Waals surface area contributed by atoms with E-state index in [1.807, 2.05) is 6.92 Å². The predicted octanol–water partition coefficient (Wildman–Crippen LogP) is -1.53. The number of nitrogens with zero attached hydrogens (tertiary/aromatic N) is 2. The summed E-state index contributed by atoms with van der Waals surface area (Å²) in [5, 5.41) is 3.10. The molecular weight excluding hydrogens is 270 g/mol. The molecule has 0 radical (unpaired) electrons. The normalized spacial score (nSPS) is 24.0. The summed E-state index contributed by atoms with van der Waals surface area (Å²) in [7, 11) is -3.15. The number of carbonyl (C=O) groups excluding carboxylic acids is 1. The summed E-state index contributed by atoms with van der Waals surface area (Å²) < 4.78 is 29.7. The molecular formula is C11H21N3O4S. The lowest BCUT2D eigenvalue weighted by molar-refractivity contribution is -0.147. The summed E-state index contributed by atoms with van der Waals surface area (Å²) in [4.78, 5) is 13.6. The Labute approximate surface area is 113 Å². The highest BCUT2D eigenvalue weighted by atomic mass is 32.2. The minimum absolute atomic E-state index is 0.0665. The molecule has 0 spiro atoms. The molecule has 0 bridgehead atoms. The summed E-state index contributed by atoms with van der Waals surface area (Å²) in [6, 6.07) is 0. The fraction of sp³-hybridized carbons (Fsp3) is 0.909. The van der Waals surface area contributed by atoms with Crippen LogP contribution in [0.4, 0.5) is 0 Å². The summed E-state index contributed by atoms with van der Waals surface area (Å²) in [6.45, 7) is 5.17. The first-order valence-corrected chi connectivity index (χ1v) is 8.23. The molecule has 7 nitrogen and oxygen atoms in total. The van der Waals surface area contributed by atoms with Gasteiger partial charge in [-0.25, -0.2) is 8.42 Å². The van der Waals surface area contributed by atoms with Gasteiger partial charge in [0.2, 0.25) is 15.9 Å². The number of amides is 1. The Bertz CT molecular complexity index is 439. The smallest absolute Gasteiger partial charge is 0.248 e. The summed E-state index contributed by atoms with van der Waals surface area (Å²) in [5.74, 6) is -0.0683. The van der Waals surface area contributed by atoms with Gasteiger partial charge in [-0.3, -0.25) is 4.79 Å². The monoisotopic (exact) mass is 291 g/mol. The van der Waals surface area contributed by atoms with Crippen LogP contribution in [0.15, 0.2) is 0 Å². The molecule has 2 heterocycles. The Hall–Kier alpha value is -0.700. The number of ether oxygens (including phenoxy) is 1. The Kier molecular flexibility index (Phi) is 4.14. The quantitative estimate of drug-likeness (QED) is 0.680. The molecule has 1 amide bonds. The molecule has 0 atom stereocenters. The lowest BCUT2D eigenvalue weighted by Crippen LogP contribution is -2.60. The van der Waals surface area contributed by atoms with E-state index in [-0.39, 0.29) is 18.1 Å². The second kappa shape index (κ2) is 5.35. The second-order valence-electron chi connectivity index (χ2n) is 5.38. The van der Waals surface area contributed by atoms with Crippen molar-refractivity contribution in [1.82, 2.24) is 14.5 Å². The fourth-order valence-corrected chi connectivity index (χ4v) is 3.00. The minimum Gasteiger partial charge on any atom is -0.363 e. The van der Waals surface area contributed by atoms with E-state index in [2.05, 4.69) is 5.32 Å². The van der Waals surface area contributed by atoms with Crippen LogP contribution in [0.5, 0.6) is 0 Å². The topological polar surface area (TPSA) is 79.0 Å². The second-order valence-corrected chi connectivity index (χ2v) is 7.37. The molecule has 2 saturated heterocycles. The third-order valence-electron chi connectivity index (χ3n) is 3.60. The van der Waals surface area contributed by atoms with E-state index in [1.165, 1.54) is 10.6 Å². The van der Waals surface area contributed by atoms with Crippen LogP contribution in [0.2, 0.25) is 0 Å². The number of sulfonamides is 1. The number of nitrogens with one attached hydrogen (secondary N) is 1. The van der Waals surface area contributed by atoms with Gasteiger partial charge in [-0.2, -0.15) is 4.31 Å². The largest absolute Gasteiger partial charge is 0.363 e. The van der Waals surface area contributed by atoms with E-state index < -0.39 is 10.0 Å². The molecule has 2 rings (SSSR count). The van der Waals surface area contributed by atoms with Crippen molar-refractivity contribution in [1.29, 1.82) is 0 Å². The first kappa shape index (κ1) is 14.7. The molecule has 2 aliphatic rings. The van der Waals surface area contributed by atoms with Gasteiger partial charge in [0.15, 0.2) is 0 Å². The van der Waals surface area contributed by atoms with Crippen LogP contribution in [-0.4, -0.2) is 81.3 Å². The SMILES string of the molecule is CC1(OCC(=O)N2CCN(S(C)(=O)=O)CC2)CNC1. The van der Waals surface area contributed by atoms with Gasteiger partial charge in [0.05, 0.1) is 11.9 Å². The summed E-state index contributed by atoms with van der Waals surface area (Å²) >= 11 is 0. The first-order chi connectivity index (χ1) is 8.80. The van der Waals surface area contributed by atoms with E-state index >= 15 is 0 Å². The van der Waals surface area contributed by atoms with Crippen LogP contribution in [0, 0.1) is 0 Å². The molecule has 0 aromatic carbocycles. The maximum Gasteiger partial charge on any atom is 0.248 e. The lowest BCUT2D eigenvalue weighted by Gasteiger charge is -2.40. The van der Waals surface area contributed by atoms with Gasteiger partial charge in [-0.05, 0) is 6.92 Å². The minimum atomic E-state index is -3.15. The maximum atomic E-state index is 12.0. The van der Waals surface area contributed by atoms with Crippen molar-refractivity contribution in [3.05, 3.63) is 0 Å². The third kappa shape index (κ3) is 3.65. The molecule has 110 valence electrons. The molecule has 1 N–H and O–H groups in total. The van der Waals surface area contributed by atoms with E-state index in [0.29, 0.717) is 26.2 Å². The number of hydrogen-bond donors (Lipinski definition) is 1. The number of carbonyl (C=O) groups is 1. The Morgan fingerprint density at radius 1 is 1.26 bits per heavy atom. The lowest BCUT2D eigenvalue weighted by atomic mass is 10.0. The van der Waals surface area contributed by atoms with Crippen molar-refractivity contribution in [3.8, 4) is 0 Å². The first-order valence-electron chi connectivity index (χ1n) is 6.38. The van der Waals surface area contributed by atoms with Crippen LogP contribution in [-0.2, 0) is 19.6 Å². The fourth-order valence-electron chi connectivity index (χ4n) is 2.18. The highest BCUT2D eigenvalue weighted by Crippen LogP contribution is 2.15. The Balaban J connectivity index is 1.76. The van der Waals surface area contributed by atoms with Gasteiger partial charge in [0.1, 0.15) is 6.61 Å². The maximum absolute atomic E-state index is 12.0. The van der Waals surface area contributed by atoms with Gasteiger partial charge in [0.25, 0.3) is 0 Å². The summed E-state index contributed by atoms with van der Waals surface area (Å²) in [6.07, 6.45) is 1.19. The van der Waals surface area contributed by atoms with Crippen LogP contribution < -0.4 is 5.32 Å². The van der Waals surface area contributed by atoms with Crippen molar-refractivity contribution >= 4 is 15.9 Å². The van der Waals surface area contributed by atoms with E-state index in [0.717, 1.165) is 13.1 Å². The molecule has 0 aromatic rings. The van der Waals surface area contributed by atoms with Crippen molar-refractivity contribution < 1.29 is 17.9 Å². The number of piperazine rings is 1. The van der Waals surface area contributed by atoms with Gasteiger partial charge < -0.3 is 15.0 Å². The van der Waals surface area contributed by atoms with Crippen molar-refractivity contribution in [2.75, 3.05) is 52.1 Å². The molecule has 2 aliphatic heterocycles. The summed E-state index contributed by atoms with van der Waals surface area (Å²) in [5.41, 5.74) is -0.232. The van der Waals surface area contributed by atoms with Gasteiger partial charge in [-0.1, -0.05) is 0 Å². The standard InChI is InChI=1S/C11H21N3O4S/c1-11(8-12-9-11)18-7-10(15)13-3-5-14(6-4-13)19(2,16)17/h12H,3-9H2,1-2H3. The zero-order chi connectivity index (χ0) is 14.1. The molecule has 0 saturated carbocycles. The van der Waals surface area contributed by atoms with Crippen LogP contribution in [0.1, 0.15) is 6.92 Å². The molecule has 19 heavy (non-hydrogen) atoms. The van der Waals surface area contributed by atoms with Crippen molar-refractivity contribution in [2.24, 2.45) is 0 Å². The van der Waals surface area contributed by atoms with E-state index in [9.17, 15) is 13.2 Å². The Morgan fingerprint density at radius 2 is 1.84 bits per heavy atom. The van der Waals surface area contributed by atoms with E-state index in [4.69, 9.17) is 4.74 Å². The van der Waals surface area contributed by atoms with Crippen LogP contribution in [0.3, 0.4) is 0 Å². The highest BCUT2D eigenvalue weighted by Gasteiger charge is 2.34. The average Bonchev–Trinajstić information content (AvgIpc) is 2.33. The Morgan fingerprint density at radius 3 is 2.26 bits per heavy atom. The number of hydrogen-bond acceptors (Lipinski definition) is 5. The molecule has 0 aliphatic carbocycles. The molecule has 2 fully saturated rings. The molecule has 0 aromatic heterocycles. The predicted molar refractivity (Wildman–Crippen MR) is 70.2 cm³/mol. The van der Waals surface area contributed by atoms with Crippen molar-refractivity contribution in [2.45, 2.75) is 12.5 Å². The average molecular weight is 291 g/mol. The zero-order valence-corrected chi connectivity index (χ0v) is 12.2. The van der Waals surface area contributed by atoms with E-state index in [1.54, 1.807) is 4.90 Å². The van der Waals surface area contributed by atoms with Crippen LogP contribution in [0.25, 0.3) is 0 Å². The van der Waals surface area contributed by atoms with Gasteiger partial charge in [0, 0.05) is 39.3 Å². The van der Waals surface area contributed by atoms with Gasteiger partial charge >= 0.3 is 0 Å². The van der Waals surface area contributed by atoms with Crippen molar-refractivity contribution in [3.63, 3.8) is 0 Å². The zero-order valence-electron chi connectivity index (χ0n) is 11.4. The van der Waals surface area contributed by atoms with Gasteiger partial charge in [-0.15, -0.1) is 0 Å². The highest BCUT2D eigenvalue weighted by molar-refractivity contribution is 7.88. The third-order valence-corrected chi connectivity index (χ3v) is 4.91. The molecule has 0 unspecified atom stereocenters. The molecule has 8 heteroatoms. The number of rotatable bonds is 4.